The van der Waals surface area contributed by atoms with Crippen LogP contribution in [0.4, 0.5) is 5.82 Å². The third kappa shape index (κ3) is 5.85. The molecule has 0 unspecified atom stereocenters. The molecule has 0 aromatic carbocycles. The van der Waals surface area contributed by atoms with E-state index in [4.69, 9.17) is 14.5 Å². The first-order valence-electron chi connectivity index (χ1n) is 12.9. The van der Waals surface area contributed by atoms with Crippen LogP contribution >= 0.6 is 0 Å². The maximum atomic E-state index is 12.9. The Balaban J connectivity index is 1.21. The summed E-state index contributed by atoms with van der Waals surface area (Å²) in [5, 5.41) is 4.05. The molecule has 196 valence electrons. The second-order valence-electron chi connectivity index (χ2n) is 9.83. The molecule has 0 bridgehead atoms. The number of morpholine rings is 1. The molecule has 1 N–H and O–H groups in total. The van der Waals surface area contributed by atoms with E-state index in [1.165, 1.54) is 4.90 Å². The number of rotatable bonds is 7. The first-order valence-corrected chi connectivity index (χ1v) is 12.9. The van der Waals surface area contributed by atoms with E-state index in [1.807, 2.05) is 18.2 Å². The lowest BCUT2D eigenvalue weighted by molar-refractivity contribution is -0.129. The average molecular weight is 507 g/mol. The van der Waals surface area contributed by atoms with Crippen molar-refractivity contribution in [2.45, 2.75) is 44.4 Å². The van der Waals surface area contributed by atoms with Gasteiger partial charge in [0.2, 0.25) is 11.8 Å². The molecule has 10 heteroatoms. The fraction of sp³-hybridized carbons (Fsp3) is 0.481. The Hall–Kier alpha value is -3.66. The minimum atomic E-state index is -0.155. The molecule has 1 aliphatic carbocycles. The molecule has 4 heterocycles. The number of anilines is 1. The standard InChI is InChI=1S/C27H34N6O4/c1-31(2)25(34)18-33-12-4-6-23(33)26(35)29-19-7-9-20(10-8-19)37-27-21-5-3-11-28-22(21)17-24(30-27)32-13-15-36-16-14-32/h3-6,11-12,17,19-20H,7-10,13-16,18H2,1-2H3,(H,29,35). The number of hydrogen-bond acceptors (Lipinski definition) is 7. The number of ether oxygens (including phenoxy) is 2. The lowest BCUT2D eigenvalue weighted by atomic mass is 9.93. The summed E-state index contributed by atoms with van der Waals surface area (Å²) >= 11 is 0. The zero-order valence-electron chi connectivity index (χ0n) is 21.4. The molecule has 3 aromatic rings. The first kappa shape index (κ1) is 25.0. The molecule has 3 aromatic heterocycles. The summed E-state index contributed by atoms with van der Waals surface area (Å²) in [6, 6.07) is 9.52. The lowest BCUT2D eigenvalue weighted by Crippen LogP contribution is -2.40. The quantitative estimate of drug-likeness (QED) is 0.525. The number of nitrogens with zero attached hydrogens (tertiary/aromatic N) is 5. The molecule has 2 fully saturated rings. The summed E-state index contributed by atoms with van der Waals surface area (Å²) < 4.78 is 13.6. The van der Waals surface area contributed by atoms with Crippen molar-refractivity contribution >= 4 is 28.5 Å². The van der Waals surface area contributed by atoms with Gasteiger partial charge in [0.25, 0.3) is 5.91 Å². The zero-order chi connectivity index (χ0) is 25.8. The van der Waals surface area contributed by atoms with Gasteiger partial charge in [-0.25, -0.2) is 0 Å². The van der Waals surface area contributed by atoms with Crippen molar-refractivity contribution in [3.05, 3.63) is 48.4 Å². The highest BCUT2D eigenvalue weighted by molar-refractivity contribution is 5.93. The topological polar surface area (TPSA) is 102 Å². The second kappa shape index (κ2) is 11.2. The third-order valence-electron chi connectivity index (χ3n) is 7.04. The molecule has 10 nitrogen and oxygen atoms in total. The Morgan fingerprint density at radius 3 is 2.68 bits per heavy atom. The number of aromatic nitrogens is 3. The van der Waals surface area contributed by atoms with Crippen molar-refractivity contribution in [3.8, 4) is 5.88 Å². The van der Waals surface area contributed by atoms with Crippen LogP contribution in [0, 0.1) is 0 Å². The van der Waals surface area contributed by atoms with Gasteiger partial charge in [0.15, 0.2) is 0 Å². The number of fused-ring (bicyclic) bond motifs is 1. The highest BCUT2D eigenvalue weighted by Crippen LogP contribution is 2.31. The summed E-state index contributed by atoms with van der Waals surface area (Å²) in [6.07, 6.45) is 6.83. The van der Waals surface area contributed by atoms with Crippen molar-refractivity contribution in [3.63, 3.8) is 0 Å². The van der Waals surface area contributed by atoms with Crippen molar-refractivity contribution < 1.29 is 19.1 Å². The van der Waals surface area contributed by atoms with E-state index < -0.39 is 0 Å². The van der Waals surface area contributed by atoms with E-state index in [-0.39, 0.29) is 30.5 Å². The van der Waals surface area contributed by atoms with E-state index >= 15 is 0 Å². The van der Waals surface area contributed by atoms with Crippen LogP contribution in [-0.4, -0.2) is 83.8 Å². The number of carbonyl (C=O) groups excluding carboxylic acids is 2. The van der Waals surface area contributed by atoms with Crippen LogP contribution in [0.5, 0.6) is 5.88 Å². The van der Waals surface area contributed by atoms with Gasteiger partial charge in [0.05, 0.1) is 24.1 Å². The van der Waals surface area contributed by atoms with E-state index in [9.17, 15) is 9.59 Å². The summed E-state index contributed by atoms with van der Waals surface area (Å²) in [7, 11) is 3.42. The Morgan fingerprint density at radius 2 is 1.92 bits per heavy atom. The minimum Gasteiger partial charge on any atom is -0.474 e. The van der Waals surface area contributed by atoms with Crippen molar-refractivity contribution in [1.29, 1.82) is 0 Å². The number of nitrogens with one attached hydrogen (secondary N) is 1. The highest BCUT2D eigenvalue weighted by Gasteiger charge is 2.26. The van der Waals surface area contributed by atoms with Gasteiger partial charge >= 0.3 is 0 Å². The molecule has 0 radical (unpaired) electrons. The highest BCUT2D eigenvalue weighted by atomic mass is 16.5. The Morgan fingerprint density at radius 1 is 1.14 bits per heavy atom. The fourth-order valence-electron chi connectivity index (χ4n) is 4.86. The van der Waals surface area contributed by atoms with Gasteiger partial charge in [0.1, 0.15) is 24.2 Å². The second-order valence-corrected chi connectivity index (χ2v) is 9.83. The lowest BCUT2D eigenvalue weighted by Gasteiger charge is -2.31. The number of likely N-dealkylation sites (N-methyl/N-ethyl adjacent to an activating group) is 1. The number of carbonyl (C=O) groups is 2. The van der Waals surface area contributed by atoms with Crippen molar-refractivity contribution in [1.82, 2.24) is 24.8 Å². The molecule has 0 atom stereocenters. The monoisotopic (exact) mass is 506 g/mol. The molecule has 1 saturated heterocycles. The molecular formula is C27H34N6O4. The predicted octanol–water partition coefficient (Wildman–Crippen LogP) is 2.48. The normalized spacial score (nSPS) is 20.0. The molecule has 0 spiro atoms. The molecule has 1 saturated carbocycles. The van der Waals surface area contributed by atoms with Crippen molar-refractivity contribution in [2.24, 2.45) is 0 Å². The van der Waals surface area contributed by atoms with Gasteiger partial charge in [-0.05, 0) is 49.9 Å². The van der Waals surface area contributed by atoms with E-state index in [1.54, 1.807) is 43.2 Å². The third-order valence-corrected chi connectivity index (χ3v) is 7.04. The van der Waals surface area contributed by atoms with E-state index in [0.29, 0.717) is 24.8 Å². The first-order chi connectivity index (χ1) is 18.0. The molecular weight excluding hydrogens is 472 g/mol. The van der Waals surface area contributed by atoms with Gasteiger partial charge in [-0.3, -0.25) is 14.6 Å². The van der Waals surface area contributed by atoms with Crippen LogP contribution in [0.25, 0.3) is 10.9 Å². The molecule has 2 aliphatic rings. The van der Waals surface area contributed by atoms with Gasteiger partial charge in [0, 0.05) is 51.7 Å². The largest absolute Gasteiger partial charge is 0.474 e. The van der Waals surface area contributed by atoms with Crippen LogP contribution in [0.15, 0.2) is 42.7 Å². The van der Waals surface area contributed by atoms with Gasteiger partial charge in [-0.1, -0.05) is 0 Å². The van der Waals surface area contributed by atoms with E-state index in [2.05, 4.69) is 15.2 Å². The van der Waals surface area contributed by atoms with Gasteiger partial charge in [-0.15, -0.1) is 0 Å². The number of amides is 2. The predicted molar refractivity (Wildman–Crippen MR) is 140 cm³/mol. The van der Waals surface area contributed by atoms with Crippen LogP contribution in [0.1, 0.15) is 36.2 Å². The number of hydrogen-bond donors (Lipinski definition) is 1. The van der Waals surface area contributed by atoms with E-state index in [0.717, 1.165) is 55.5 Å². The van der Waals surface area contributed by atoms with Gasteiger partial charge < -0.3 is 29.2 Å². The van der Waals surface area contributed by atoms with Crippen LogP contribution in [0.2, 0.25) is 0 Å². The smallest absolute Gasteiger partial charge is 0.268 e. The summed E-state index contributed by atoms with van der Waals surface area (Å²) in [5.41, 5.74) is 1.36. The molecule has 1 aliphatic heterocycles. The summed E-state index contributed by atoms with van der Waals surface area (Å²) in [5.74, 6) is 1.26. The Labute approximate surface area is 216 Å². The minimum absolute atomic E-state index is 0.0190. The SMILES string of the molecule is CN(C)C(=O)Cn1cccc1C(=O)NC1CCC(Oc2nc(N3CCOCC3)cc3ncccc23)CC1. The van der Waals surface area contributed by atoms with Crippen LogP contribution in [0.3, 0.4) is 0 Å². The average Bonchev–Trinajstić information content (AvgIpc) is 3.38. The zero-order valence-corrected chi connectivity index (χ0v) is 21.4. The van der Waals surface area contributed by atoms with Crippen LogP contribution < -0.4 is 15.0 Å². The van der Waals surface area contributed by atoms with Crippen LogP contribution in [-0.2, 0) is 16.1 Å². The summed E-state index contributed by atoms with van der Waals surface area (Å²) in [6.45, 7) is 3.10. The molecule has 37 heavy (non-hydrogen) atoms. The Bertz CT molecular complexity index is 1240. The molecule has 5 rings (SSSR count). The fourth-order valence-corrected chi connectivity index (χ4v) is 4.86. The van der Waals surface area contributed by atoms with Gasteiger partial charge in [-0.2, -0.15) is 4.98 Å². The maximum Gasteiger partial charge on any atom is 0.268 e. The molecule has 2 amide bonds. The number of pyridine rings is 2. The summed E-state index contributed by atoms with van der Waals surface area (Å²) in [4.78, 5) is 38.2. The maximum absolute atomic E-state index is 12.9. The van der Waals surface area contributed by atoms with Crippen molar-refractivity contribution in [2.75, 3.05) is 45.3 Å². The Kier molecular flexibility index (Phi) is 7.55.